The number of nitrogens with zero attached hydrogens (tertiary/aromatic N) is 3. The molecule has 2 amide bonds. The highest BCUT2D eigenvalue weighted by molar-refractivity contribution is 6.30. The van der Waals surface area contributed by atoms with E-state index in [-0.39, 0.29) is 18.4 Å². The van der Waals surface area contributed by atoms with Crippen molar-refractivity contribution in [3.05, 3.63) is 34.9 Å². The molecular weight excluding hydrogens is 376 g/mol. The summed E-state index contributed by atoms with van der Waals surface area (Å²) < 4.78 is 0. The van der Waals surface area contributed by atoms with Crippen molar-refractivity contribution in [2.24, 2.45) is 11.0 Å². The number of hydrogen-bond donors (Lipinski definition) is 1. The Morgan fingerprint density at radius 1 is 1.21 bits per heavy atom. The van der Waals surface area contributed by atoms with Gasteiger partial charge in [0.2, 0.25) is 11.8 Å². The molecule has 0 spiro atoms. The predicted octanol–water partition coefficient (Wildman–Crippen LogP) is 2.90. The summed E-state index contributed by atoms with van der Waals surface area (Å²) in [7, 11) is 0. The first-order chi connectivity index (χ1) is 13.5. The minimum atomic E-state index is -0.165. The molecular formula is C21H29ClN4O2. The molecule has 6 nitrogen and oxygen atoms in total. The van der Waals surface area contributed by atoms with Gasteiger partial charge in [-0.3, -0.25) is 9.59 Å². The second-order valence-corrected chi connectivity index (χ2v) is 8.17. The number of nitrogens with one attached hydrogen (secondary N) is 1. The molecule has 152 valence electrons. The highest BCUT2D eigenvalue weighted by Gasteiger charge is 2.23. The van der Waals surface area contributed by atoms with E-state index >= 15 is 0 Å². The minimum Gasteiger partial charge on any atom is -0.354 e. The maximum Gasteiger partial charge on any atom is 0.243 e. The zero-order chi connectivity index (χ0) is 19.9. The molecule has 0 aromatic heterocycles. The third kappa shape index (κ3) is 6.04. The molecule has 2 aliphatic rings. The fourth-order valence-electron chi connectivity index (χ4n) is 3.58. The van der Waals surface area contributed by atoms with E-state index in [0.29, 0.717) is 24.4 Å². The summed E-state index contributed by atoms with van der Waals surface area (Å²) in [6.07, 6.45) is 4.39. The molecule has 1 saturated heterocycles. The second kappa shape index (κ2) is 10.0. The molecule has 1 N–H and O–H groups in total. The summed E-state index contributed by atoms with van der Waals surface area (Å²) in [5.41, 5.74) is 1.74. The lowest BCUT2D eigenvalue weighted by atomic mass is 9.99. The van der Waals surface area contributed by atoms with Crippen molar-refractivity contribution in [3.8, 4) is 0 Å². The molecule has 28 heavy (non-hydrogen) atoms. The third-order valence-corrected chi connectivity index (χ3v) is 5.68. The molecule has 3 rings (SSSR count). The van der Waals surface area contributed by atoms with Crippen molar-refractivity contribution < 1.29 is 9.59 Å². The van der Waals surface area contributed by atoms with E-state index in [0.717, 1.165) is 43.2 Å². The minimum absolute atomic E-state index is 0.0306. The van der Waals surface area contributed by atoms with Gasteiger partial charge in [0.1, 0.15) is 6.54 Å². The lowest BCUT2D eigenvalue weighted by Gasteiger charge is -2.30. The van der Waals surface area contributed by atoms with Crippen LogP contribution in [0.5, 0.6) is 0 Å². The summed E-state index contributed by atoms with van der Waals surface area (Å²) in [6, 6.07) is 7.37. The maximum atomic E-state index is 12.2. The van der Waals surface area contributed by atoms with E-state index < -0.39 is 0 Å². The van der Waals surface area contributed by atoms with Gasteiger partial charge in [0.25, 0.3) is 0 Å². The molecule has 0 unspecified atom stereocenters. The number of benzene rings is 1. The number of halogens is 1. The smallest absolute Gasteiger partial charge is 0.243 e. The van der Waals surface area contributed by atoms with Crippen LogP contribution >= 0.6 is 11.6 Å². The van der Waals surface area contributed by atoms with Crippen LogP contribution in [0.1, 0.15) is 44.6 Å². The maximum absolute atomic E-state index is 12.2. The van der Waals surface area contributed by atoms with E-state index in [9.17, 15) is 9.59 Å². The molecule has 1 aromatic rings. The van der Waals surface area contributed by atoms with Crippen LogP contribution in [0.2, 0.25) is 5.02 Å². The lowest BCUT2D eigenvalue weighted by Crippen LogP contribution is -2.41. The van der Waals surface area contributed by atoms with Gasteiger partial charge in [0.05, 0.1) is 5.71 Å². The van der Waals surface area contributed by atoms with Gasteiger partial charge in [-0.05, 0) is 62.5 Å². The van der Waals surface area contributed by atoms with Crippen molar-refractivity contribution in [1.29, 1.82) is 0 Å². The standard InChI is InChI=1S/C21H29ClN4O2/c1-16-9-13-25(14-10-16)12-2-11-23-20(27)15-26-21(28)8-7-19(24-26)17-3-5-18(22)6-4-17/h3-6,16H,2,7-15H2,1H3,(H,23,27). The number of likely N-dealkylation sites (tertiary alicyclic amines) is 1. The molecule has 1 aromatic carbocycles. The summed E-state index contributed by atoms with van der Waals surface area (Å²) >= 11 is 5.93. The molecule has 0 aliphatic carbocycles. The average molecular weight is 405 g/mol. The van der Waals surface area contributed by atoms with Crippen LogP contribution in [0.4, 0.5) is 0 Å². The van der Waals surface area contributed by atoms with Crippen LogP contribution in [0.3, 0.4) is 0 Å². The number of carbonyl (C=O) groups is 2. The van der Waals surface area contributed by atoms with Crippen molar-refractivity contribution in [2.75, 3.05) is 32.7 Å². The second-order valence-electron chi connectivity index (χ2n) is 7.73. The van der Waals surface area contributed by atoms with Crippen molar-refractivity contribution >= 4 is 29.1 Å². The van der Waals surface area contributed by atoms with Gasteiger partial charge >= 0.3 is 0 Å². The summed E-state index contributed by atoms with van der Waals surface area (Å²) in [6.45, 7) is 6.21. The summed E-state index contributed by atoms with van der Waals surface area (Å²) in [5.74, 6) is 0.549. The fourth-order valence-corrected chi connectivity index (χ4v) is 3.71. The van der Waals surface area contributed by atoms with Crippen LogP contribution in [-0.2, 0) is 9.59 Å². The van der Waals surface area contributed by atoms with Crippen LogP contribution in [0.15, 0.2) is 29.4 Å². The van der Waals surface area contributed by atoms with E-state index in [1.54, 1.807) is 12.1 Å². The van der Waals surface area contributed by atoms with E-state index in [4.69, 9.17) is 11.6 Å². The van der Waals surface area contributed by atoms with E-state index in [1.807, 2.05) is 12.1 Å². The highest BCUT2D eigenvalue weighted by atomic mass is 35.5. The fraction of sp³-hybridized carbons (Fsp3) is 0.571. The number of hydrazone groups is 1. The Morgan fingerprint density at radius 3 is 2.64 bits per heavy atom. The van der Waals surface area contributed by atoms with E-state index in [1.165, 1.54) is 17.9 Å². The van der Waals surface area contributed by atoms with Crippen molar-refractivity contribution in [2.45, 2.75) is 39.0 Å². The zero-order valence-electron chi connectivity index (χ0n) is 16.5. The van der Waals surface area contributed by atoms with Crippen LogP contribution in [-0.4, -0.2) is 60.2 Å². The Labute approximate surface area is 171 Å². The first-order valence-corrected chi connectivity index (χ1v) is 10.5. The van der Waals surface area contributed by atoms with Crippen LogP contribution in [0.25, 0.3) is 0 Å². The zero-order valence-corrected chi connectivity index (χ0v) is 17.2. The van der Waals surface area contributed by atoms with Gasteiger partial charge in [-0.15, -0.1) is 0 Å². The monoisotopic (exact) mass is 404 g/mol. The molecule has 0 atom stereocenters. The predicted molar refractivity (Wildman–Crippen MR) is 111 cm³/mol. The molecule has 7 heteroatoms. The van der Waals surface area contributed by atoms with Crippen molar-refractivity contribution in [1.82, 2.24) is 15.2 Å². The normalized spacial score (nSPS) is 18.9. The Kier molecular flexibility index (Phi) is 7.45. The Bertz CT molecular complexity index is 712. The van der Waals surface area contributed by atoms with Gasteiger partial charge < -0.3 is 10.2 Å². The lowest BCUT2D eigenvalue weighted by molar-refractivity contribution is -0.136. The molecule has 2 heterocycles. The van der Waals surface area contributed by atoms with Crippen molar-refractivity contribution in [3.63, 3.8) is 0 Å². The first kappa shape index (κ1) is 20.8. The van der Waals surface area contributed by atoms with Gasteiger partial charge in [-0.2, -0.15) is 5.10 Å². The molecule has 0 saturated carbocycles. The van der Waals surface area contributed by atoms with E-state index in [2.05, 4.69) is 22.2 Å². The van der Waals surface area contributed by atoms with Crippen LogP contribution < -0.4 is 5.32 Å². The van der Waals surface area contributed by atoms with Gasteiger partial charge in [-0.25, -0.2) is 5.01 Å². The molecule has 0 bridgehead atoms. The molecule has 0 radical (unpaired) electrons. The average Bonchev–Trinajstić information content (AvgIpc) is 2.69. The Balaban J connectivity index is 1.44. The Morgan fingerprint density at radius 2 is 1.93 bits per heavy atom. The topological polar surface area (TPSA) is 65.0 Å². The largest absolute Gasteiger partial charge is 0.354 e. The molecule has 1 fully saturated rings. The first-order valence-electron chi connectivity index (χ1n) is 10.1. The third-order valence-electron chi connectivity index (χ3n) is 5.43. The summed E-state index contributed by atoms with van der Waals surface area (Å²) in [4.78, 5) is 26.8. The number of piperidine rings is 1. The number of rotatable bonds is 7. The van der Waals surface area contributed by atoms with Crippen LogP contribution in [0, 0.1) is 5.92 Å². The number of amides is 2. The number of hydrogen-bond acceptors (Lipinski definition) is 4. The molecule has 2 aliphatic heterocycles. The quantitative estimate of drug-likeness (QED) is 0.710. The summed E-state index contributed by atoms with van der Waals surface area (Å²) in [5, 5.41) is 9.26. The van der Waals surface area contributed by atoms with Gasteiger partial charge in [0.15, 0.2) is 0 Å². The Hall–Kier alpha value is -1.92. The van der Waals surface area contributed by atoms with Gasteiger partial charge in [-0.1, -0.05) is 30.7 Å². The number of carbonyl (C=O) groups excluding carboxylic acids is 2. The SMILES string of the molecule is CC1CCN(CCCNC(=O)CN2N=C(c3ccc(Cl)cc3)CCC2=O)CC1. The highest BCUT2D eigenvalue weighted by Crippen LogP contribution is 2.18. The van der Waals surface area contributed by atoms with Gasteiger partial charge in [0, 0.05) is 24.4 Å².